The summed E-state index contributed by atoms with van der Waals surface area (Å²) in [5, 5.41) is 0. The molecule has 1 unspecified atom stereocenters. The molecule has 106 valence electrons. The summed E-state index contributed by atoms with van der Waals surface area (Å²) in [6.45, 7) is 3.99. The summed E-state index contributed by atoms with van der Waals surface area (Å²) in [7, 11) is -0.960. The van der Waals surface area contributed by atoms with Crippen molar-refractivity contribution in [3.63, 3.8) is 0 Å². The van der Waals surface area contributed by atoms with E-state index >= 15 is 0 Å². The van der Waals surface area contributed by atoms with Crippen LogP contribution in [-0.2, 0) is 24.5 Å². The van der Waals surface area contributed by atoms with E-state index in [0.29, 0.717) is 0 Å². The highest BCUT2D eigenvalue weighted by molar-refractivity contribution is 7.86. The molecule has 0 bridgehead atoms. The smallest absolute Gasteiger partial charge is 0.326 e. The third-order valence-corrected chi connectivity index (χ3v) is 5.12. The van der Waals surface area contributed by atoms with Crippen molar-refractivity contribution in [2.45, 2.75) is 25.9 Å². The van der Waals surface area contributed by atoms with E-state index in [-0.39, 0.29) is 25.8 Å². The van der Waals surface area contributed by atoms with E-state index in [1.165, 1.54) is 18.5 Å². The maximum atomic E-state index is 12.3. The van der Waals surface area contributed by atoms with Crippen LogP contribution in [0.25, 0.3) is 0 Å². The minimum Gasteiger partial charge on any atom is -0.468 e. The molecule has 0 saturated carbocycles. The average Bonchev–Trinajstić information content (AvgIpc) is 2.36. The number of morpholine rings is 1. The Labute approximate surface area is 108 Å². The molecule has 18 heavy (non-hydrogen) atoms. The second-order valence-electron chi connectivity index (χ2n) is 4.34. The molecular weight excluding hydrogens is 260 g/mol. The van der Waals surface area contributed by atoms with E-state index in [0.717, 1.165) is 4.31 Å². The number of carbonyl (C=O) groups is 1. The van der Waals surface area contributed by atoms with Gasteiger partial charge in [-0.2, -0.15) is 17.0 Å². The number of methoxy groups -OCH3 is 1. The topological polar surface area (TPSA) is 76.1 Å². The van der Waals surface area contributed by atoms with Crippen LogP contribution in [-0.4, -0.2) is 69.0 Å². The zero-order valence-electron chi connectivity index (χ0n) is 11.1. The van der Waals surface area contributed by atoms with Crippen molar-refractivity contribution in [1.29, 1.82) is 0 Å². The molecule has 0 spiro atoms. The SMILES string of the molecule is COC(=O)C1COCCN1S(=O)(=O)N(C)C(C)C. The Morgan fingerprint density at radius 2 is 2.11 bits per heavy atom. The Bertz CT molecular complexity index is 395. The van der Waals surface area contributed by atoms with E-state index in [1.807, 2.05) is 0 Å². The van der Waals surface area contributed by atoms with Gasteiger partial charge < -0.3 is 9.47 Å². The fourth-order valence-electron chi connectivity index (χ4n) is 1.62. The van der Waals surface area contributed by atoms with Gasteiger partial charge in [0, 0.05) is 19.6 Å². The first kappa shape index (κ1) is 15.4. The average molecular weight is 280 g/mol. The lowest BCUT2D eigenvalue weighted by Crippen LogP contribution is -2.57. The lowest BCUT2D eigenvalue weighted by Gasteiger charge is -2.36. The molecule has 0 aromatic carbocycles. The Balaban J connectivity index is 3.00. The van der Waals surface area contributed by atoms with Crippen LogP contribution in [0.2, 0.25) is 0 Å². The van der Waals surface area contributed by atoms with Crippen molar-refractivity contribution in [3.05, 3.63) is 0 Å². The van der Waals surface area contributed by atoms with Crippen LogP contribution in [0.1, 0.15) is 13.8 Å². The standard InChI is InChI=1S/C10H20N2O5S/c1-8(2)11(3)18(14,15)12-5-6-17-7-9(12)10(13)16-4/h8-9H,5-7H2,1-4H3. The van der Waals surface area contributed by atoms with Gasteiger partial charge in [-0.05, 0) is 13.8 Å². The van der Waals surface area contributed by atoms with Gasteiger partial charge in [-0.1, -0.05) is 0 Å². The zero-order chi connectivity index (χ0) is 13.9. The predicted octanol–water partition coefficient (Wildman–Crippen LogP) is -0.555. The summed E-state index contributed by atoms with van der Waals surface area (Å²) in [5.41, 5.74) is 0. The van der Waals surface area contributed by atoms with Crippen LogP contribution >= 0.6 is 0 Å². The molecule has 0 radical (unpaired) electrons. The molecule has 1 atom stereocenters. The summed E-state index contributed by atoms with van der Waals surface area (Å²) >= 11 is 0. The van der Waals surface area contributed by atoms with E-state index in [9.17, 15) is 13.2 Å². The van der Waals surface area contributed by atoms with Gasteiger partial charge in [0.1, 0.15) is 6.04 Å². The Morgan fingerprint density at radius 1 is 1.50 bits per heavy atom. The molecule has 1 aliphatic rings. The Morgan fingerprint density at radius 3 is 2.61 bits per heavy atom. The number of hydrogen-bond acceptors (Lipinski definition) is 5. The molecule has 1 aliphatic heterocycles. The molecule has 0 aliphatic carbocycles. The summed E-state index contributed by atoms with van der Waals surface area (Å²) in [5.74, 6) is -0.601. The molecule has 1 rings (SSSR count). The van der Waals surface area contributed by atoms with Gasteiger partial charge in [0.25, 0.3) is 10.2 Å². The number of ether oxygens (including phenoxy) is 2. The van der Waals surface area contributed by atoms with Crippen molar-refractivity contribution in [3.8, 4) is 0 Å². The van der Waals surface area contributed by atoms with Crippen molar-refractivity contribution in [2.24, 2.45) is 0 Å². The van der Waals surface area contributed by atoms with Gasteiger partial charge in [0.05, 0.1) is 20.3 Å². The monoisotopic (exact) mass is 280 g/mol. The molecular formula is C10H20N2O5S. The van der Waals surface area contributed by atoms with Crippen LogP contribution in [0.3, 0.4) is 0 Å². The molecule has 0 N–H and O–H groups in total. The van der Waals surface area contributed by atoms with E-state index in [2.05, 4.69) is 4.74 Å². The lowest BCUT2D eigenvalue weighted by atomic mass is 10.3. The Hall–Kier alpha value is -0.700. The van der Waals surface area contributed by atoms with E-state index < -0.39 is 22.2 Å². The van der Waals surface area contributed by atoms with Crippen molar-refractivity contribution < 1.29 is 22.7 Å². The normalized spacial score (nSPS) is 22.4. The van der Waals surface area contributed by atoms with Gasteiger partial charge in [-0.25, -0.2) is 0 Å². The summed E-state index contributed by atoms with van der Waals surface area (Å²) < 4.78 is 36.8. The first-order chi connectivity index (χ1) is 8.32. The molecule has 1 saturated heterocycles. The van der Waals surface area contributed by atoms with Crippen LogP contribution in [0.5, 0.6) is 0 Å². The number of rotatable bonds is 4. The van der Waals surface area contributed by atoms with Crippen LogP contribution in [0.4, 0.5) is 0 Å². The van der Waals surface area contributed by atoms with Gasteiger partial charge in [0.2, 0.25) is 0 Å². The van der Waals surface area contributed by atoms with Crippen LogP contribution in [0, 0.1) is 0 Å². The van der Waals surface area contributed by atoms with Gasteiger partial charge in [-0.15, -0.1) is 0 Å². The second kappa shape index (κ2) is 5.96. The highest BCUT2D eigenvalue weighted by Crippen LogP contribution is 2.17. The van der Waals surface area contributed by atoms with Gasteiger partial charge >= 0.3 is 5.97 Å². The quantitative estimate of drug-likeness (QED) is 0.646. The first-order valence-electron chi connectivity index (χ1n) is 5.72. The van der Waals surface area contributed by atoms with Crippen molar-refractivity contribution >= 4 is 16.2 Å². The fraction of sp³-hybridized carbons (Fsp3) is 0.900. The first-order valence-corrected chi connectivity index (χ1v) is 7.12. The van der Waals surface area contributed by atoms with Crippen LogP contribution < -0.4 is 0 Å². The number of esters is 1. The fourth-order valence-corrected chi connectivity index (χ4v) is 3.26. The lowest BCUT2D eigenvalue weighted by molar-refractivity contribution is -0.149. The Kier molecular flexibility index (Phi) is 5.09. The maximum Gasteiger partial charge on any atom is 0.326 e. The molecule has 0 amide bonds. The number of carbonyl (C=O) groups excluding carboxylic acids is 1. The van der Waals surface area contributed by atoms with Gasteiger partial charge in [0.15, 0.2) is 0 Å². The third-order valence-electron chi connectivity index (χ3n) is 2.94. The number of nitrogens with zero attached hydrogens (tertiary/aromatic N) is 2. The van der Waals surface area contributed by atoms with Crippen LogP contribution in [0.15, 0.2) is 0 Å². The summed E-state index contributed by atoms with van der Waals surface area (Å²) in [4.78, 5) is 11.6. The minimum absolute atomic E-state index is 0.0256. The molecule has 1 fully saturated rings. The summed E-state index contributed by atoms with van der Waals surface area (Å²) in [6.07, 6.45) is 0. The highest BCUT2D eigenvalue weighted by Gasteiger charge is 2.40. The molecule has 1 heterocycles. The zero-order valence-corrected chi connectivity index (χ0v) is 11.9. The van der Waals surface area contributed by atoms with Crippen molar-refractivity contribution in [1.82, 2.24) is 8.61 Å². The summed E-state index contributed by atoms with van der Waals surface area (Å²) in [6, 6.07) is -1.09. The maximum absolute atomic E-state index is 12.3. The highest BCUT2D eigenvalue weighted by atomic mass is 32.2. The minimum atomic E-state index is -3.68. The molecule has 7 nitrogen and oxygen atoms in total. The predicted molar refractivity (Wildman–Crippen MR) is 65.1 cm³/mol. The van der Waals surface area contributed by atoms with E-state index in [1.54, 1.807) is 13.8 Å². The largest absolute Gasteiger partial charge is 0.468 e. The molecule has 8 heteroatoms. The second-order valence-corrected chi connectivity index (χ2v) is 6.28. The van der Waals surface area contributed by atoms with Gasteiger partial charge in [-0.3, -0.25) is 4.79 Å². The molecule has 0 aromatic heterocycles. The van der Waals surface area contributed by atoms with E-state index in [4.69, 9.17) is 4.74 Å². The molecule has 0 aromatic rings. The third kappa shape index (κ3) is 3.00. The van der Waals surface area contributed by atoms with Crippen molar-refractivity contribution in [2.75, 3.05) is 33.9 Å². The number of hydrogen-bond donors (Lipinski definition) is 0.